The summed E-state index contributed by atoms with van der Waals surface area (Å²) in [6, 6.07) is 9.67. The molecule has 1 heterocycles. The van der Waals surface area contributed by atoms with Gasteiger partial charge in [0.1, 0.15) is 5.75 Å². The van der Waals surface area contributed by atoms with Gasteiger partial charge in [0.25, 0.3) is 0 Å². The number of benzene rings is 1. The van der Waals surface area contributed by atoms with Crippen LogP contribution in [0, 0.1) is 0 Å². The molecular formula is C12H9Br2NO. The summed E-state index contributed by atoms with van der Waals surface area (Å²) in [6.07, 6.45) is 1.77. The topological polar surface area (TPSA) is 22.1 Å². The van der Waals surface area contributed by atoms with Gasteiger partial charge < -0.3 is 4.74 Å². The fourth-order valence-electron chi connectivity index (χ4n) is 1.44. The second-order valence-corrected chi connectivity index (χ2v) is 4.80. The number of methoxy groups -OCH3 is 1. The molecule has 0 spiro atoms. The summed E-state index contributed by atoms with van der Waals surface area (Å²) >= 11 is 7.06. The van der Waals surface area contributed by atoms with Gasteiger partial charge in [-0.2, -0.15) is 0 Å². The molecule has 0 N–H and O–H groups in total. The average Bonchev–Trinajstić information content (AvgIpc) is 2.31. The van der Waals surface area contributed by atoms with Crippen molar-refractivity contribution in [2.24, 2.45) is 0 Å². The van der Waals surface area contributed by atoms with Gasteiger partial charge in [-0.1, -0.05) is 22.0 Å². The SMILES string of the molecule is COc1ccc(Br)c(-c2ccccn2)c1Br. The maximum Gasteiger partial charge on any atom is 0.133 e. The monoisotopic (exact) mass is 341 g/mol. The van der Waals surface area contributed by atoms with Crippen molar-refractivity contribution in [2.75, 3.05) is 7.11 Å². The second kappa shape index (κ2) is 4.97. The van der Waals surface area contributed by atoms with Crippen molar-refractivity contribution in [3.8, 4) is 17.0 Å². The molecule has 1 aromatic heterocycles. The zero-order chi connectivity index (χ0) is 11.5. The second-order valence-electron chi connectivity index (χ2n) is 3.15. The van der Waals surface area contributed by atoms with Crippen molar-refractivity contribution >= 4 is 31.9 Å². The lowest BCUT2D eigenvalue weighted by molar-refractivity contribution is 0.412. The molecule has 0 saturated carbocycles. The van der Waals surface area contributed by atoms with Gasteiger partial charge in [-0.3, -0.25) is 4.98 Å². The number of pyridine rings is 1. The maximum atomic E-state index is 5.27. The van der Waals surface area contributed by atoms with Gasteiger partial charge in [0.05, 0.1) is 17.3 Å². The minimum atomic E-state index is 0.795. The van der Waals surface area contributed by atoms with Gasteiger partial charge in [0.2, 0.25) is 0 Å². The lowest BCUT2D eigenvalue weighted by Gasteiger charge is -2.10. The molecule has 0 unspecified atom stereocenters. The van der Waals surface area contributed by atoms with Gasteiger partial charge in [-0.15, -0.1) is 0 Å². The van der Waals surface area contributed by atoms with E-state index >= 15 is 0 Å². The molecule has 0 fully saturated rings. The Morgan fingerprint density at radius 1 is 1.12 bits per heavy atom. The van der Waals surface area contributed by atoms with Crippen LogP contribution in [0.2, 0.25) is 0 Å². The van der Waals surface area contributed by atoms with Crippen LogP contribution in [0.15, 0.2) is 45.5 Å². The molecular weight excluding hydrogens is 334 g/mol. The number of aromatic nitrogens is 1. The fraction of sp³-hybridized carbons (Fsp3) is 0.0833. The highest BCUT2D eigenvalue weighted by Gasteiger charge is 2.12. The van der Waals surface area contributed by atoms with Gasteiger partial charge >= 0.3 is 0 Å². The molecule has 0 saturated heterocycles. The molecule has 1 aromatic carbocycles. The Morgan fingerprint density at radius 3 is 2.56 bits per heavy atom. The van der Waals surface area contributed by atoms with Crippen LogP contribution in [-0.2, 0) is 0 Å². The van der Waals surface area contributed by atoms with Gasteiger partial charge in [0, 0.05) is 16.2 Å². The summed E-state index contributed by atoms with van der Waals surface area (Å²) in [5.74, 6) is 0.795. The van der Waals surface area contributed by atoms with Crippen LogP contribution in [0.3, 0.4) is 0 Å². The van der Waals surface area contributed by atoms with Gasteiger partial charge in [0.15, 0.2) is 0 Å². The normalized spacial score (nSPS) is 10.2. The van der Waals surface area contributed by atoms with Crippen molar-refractivity contribution in [3.63, 3.8) is 0 Å². The van der Waals surface area contributed by atoms with E-state index in [2.05, 4.69) is 36.8 Å². The molecule has 4 heteroatoms. The fourth-order valence-corrected chi connectivity index (χ4v) is 2.95. The average molecular weight is 343 g/mol. The van der Waals surface area contributed by atoms with E-state index in [4.69, 9.17) is 4.74 Å². The quantitative estimate of drug-likeness (QED) is 0.812. The molecule has 0 aliphatic heterocycles. The number of nitrogens with zero attached hydrogens (tertiary/aromatic N) is 1. The van der Waals surface area contributed by atoms with E-state index in [1.807, 2.05) is 30.3 Å². The Hall–Kier alpha value is -0.870. The van der Waals surface area contributed by atoms with Crippen molar-refractivity contribution in [3.05, 3.63) is 45.5 Å². The Balaban J connectivity index is 2.64. The molecule has 0 bridgehead atoms. The summed E-state index contributed by atoms with van der Waals surface area (Å²) in [7, 11) is 1.65. The van der Waals surface area contributed by atoms with Crippen molar-refractivity contribution in [2.45, 2.75) is 0 Å². The highest BCUT2D eigenvalue weighted by Crippen LogP contribution is 2.39. The standard InChI is InChI=1S/C12H9Br2NO/c1-16-10-6-5-8(13)11(12(10)14)9-4-2-3-7-15-9/h2-7H,1H3. The summed E-state index contributed by atoms with van der Waals surface area (Å²) < 4.78 is 7.16. The Morgan fingerprint density at radius 2 is 1.94 bits per heavy atom. The first-order valence-electron chi connectivity index (χ1n) is 4.67. The van der Waals surface area contributed by atoms with E-state index in [1.54, 1.807) is 13.3 Å². The maximum absolute atomic E-state index is 5.27. The van der Waals surface area contributed by atoms with Crippen molar-refractivity contribution < 1.29 is 4.74 Å². The third-order valence-electron chi connectivity index (χ3n) is 2.20. The third-order valence-corrected chi connectivity index (χ3v) is 3.64. The summed E-state index contributed by atoms with van der Waals surface area (Å²) in [4.78, 5) is 4.33. The smallest absolute Gasteiger partial charge is 0.133 e. The molecule has 0 amide bonds. The number of ether oxygens (including phenoxy) is 1. The predicted octanol–water partition coefficient (Wildman–Crippen LogP) is 4.28. The van der Waals surface area contributed by atoms with Crippen LogP contribution in [0.25, 0.3) is 11.3 Å². The largest absolute Gasteiger partial charge is 0.496 e. The van der Waals surface area contributed by atoms with E-state index in [0.29, 0.717) is 0 Å². The third kappa shape index (κ3) is 2.13. The summed E-state index contributed by atoms with van der Waals surface area (Å²) in [6.45, 7) is 0. The summed E-state index contributed by atoms with van der Waals surface area (Å²) in [5, 5.41) is 0. The lowest BCUT2D eigenvalue weighted by atomic mass is 10.1. The lowest BCUT2D eigenvalue weighted by Crippen LogP contribution is -1.90. The van der Waals surface area contributed by atoms with E-state index in [-0.39, 0.29) is 0 Å². The Labute approximate surface area is 111 Å². The van der Waals surface area contributed by atoms with Crippen LogP contribution in [0.1, 0.15) is 0 Å². The predicted molar refractivity (Wildman–Crippen MR) is 71.6 cm³/mol. The summed E-state index contributed by atoms with van der Waals surface area (Å²) in [5.41, 5.74) is 1.90. The number of rotatable bonds is 2. The molecule has 2 aromatic rings. The van der Waals surface area contributed by atoms with Crippen LogP contribution in [0.5, 0.6) is 5.75 Å². The van der Waals surface area contributed by atoms with E-state index in [1.165, 1.54) is 0 Å². The van der Waals surface area contributed by atoms with Crippen molar-refractivity contribution in [1.29, 1.82) is 0 Å². The highest BCUT2D eigenvalue weighted by molar-refractivity contribution is 9.11. The molecule has 16 heavy (non-hydrogen) atoms. The zero-order valence-electron chi connectivity index (χ0n) is 8.58. The zero-order valence-corrected chi connectivity index (χ0v) is 11.7. The molecule has 0 aliphatic rings. The Bertz CT molecular complexity index is 500. The minimum absolute atomic E-state index is 0.795. The number of hydrogen-bond acceptors (Lipinski definition) is 2. The molecule has 2 rings (SSSR count). The number of halogens is 2. The van der Waals surface area contributed by atoms with Crippen LogP contribution in [-0.4, -0.2) is 12.1 Å². The van der Waals surface area contributed by atoms with E-state index in [0.717, 1.165) is 26.0 Å². The van der Waals surface area contributed by atoms with E-state index < -0.39 is 0 Å². The first kappa shape index (κ1) is 11.6. The molecule has 0 radical (unpaired) electrons. The van der Waals surface area contributed by atoms with Crippen LogP contribution >= 0.6 is 31.9 Å². The van der Waals surface area contributed by atoms with E-state index in [9.17, 15) is 0 Å². The van der Waals surface area contributed by atoms with Crippen LogP contribution in [0.4, 0.5) is 0 Å². The molecule has 0 atom stereocenters. The molecule has 82 valence electrons. The van der Waals surface area contributed by atoms with Crippen molar-refractivity contribution in [1.82, 2.24) is 4.98 Å². The Kier molecular flexibility index (Phi) is 3.61. The highest BCUT2D eigenvalue weighted by atomic mass is 79.9. The minimum Gasteiger partial charge on any atom is -0.496 e. The van der Waals surface area contributed by atoms with Crippen LogP contribution < -0.4 is 4.74 Å². The first-order valence-corrected chi connectivity index (χ1v) is 6.26. The van der Waals surface area contributed by atoms with Gasteiger partial charge in [-0.25, -0.2) is 0 Å². The molecule has 0 aliphatic carbocycles. The molecule has 2 nitrogen and oxygen atoms in total. The van der Waals surface area contributed by atoms with Gasteiger partial charge in [-0.05, 0) is 40.2 Å². The number of hydrogen-bond donors (Lipinski definition) is 0. The first-order chi connectivity index (χ1) is 7.74.